The highest BCUT2D eigenvalue weighted by atomic mass is 32.2. The van der Waals surface area contributed by atoms with Gasteiger partial charge in [-0.25, -0.2) is 5.43 Å². The van der Waals surface area contributed by atoms with E-state index in [1.807, 2.05) is 6.92 Å². The molecule has 16 heteroatoms. The van der Waals surface area contributed by atoms with Crippen molar-refractivity contribution >= 4 is 40.6 Å². The number of aliphatic hydroxyl groups is 1. The molecular formula is C28H53N5O10S. The summed E-state index contributed by atoms with van der Waals surface area (Å²) in [5.41, 5.74) is 9.97. The summed E-state index contributed by atoms with van der Waals surface area (Å²) in [5, 5.41) is 15.1. The Balaban J connectivity index is 4.18. The predicted octanol–water partition coefficient (Wildman–Crippen LogP) is -1.32. The number of Topliss-reactive ketones (excluding diaryl/α,β-unsaturated/α-hetero) is 1. The lowest BCUT2D eigenvalue weighted by atomic mass is 9.90. The van der Waals surface area contributed by atoms with Gasteiger partial charge in [0.1, 0.15) is 30.8 Å². The van der Waals surface area contributed by atoms with Crippen molar-refractivity contribution in [3.8, 4) is 0 Å². The molecule has 256 valence electrons. The number of carbonyl (C=O) groups is 5. The Bertz CT molecular complexity index is 850. The monoisotopic (exact) mass is 651 g/mol. The lowest BCUT2D eigenvalue weighted by Gasteiger charge is -2.22. The maximum Gasteiger partial charge on any atom is 0.246 e. The van der Waals surface area contributed by atoms with Crippen LogP contribution in [0.5, 0.6) is 0 Å². The van der Waals surface area contributed by atoms with Crippen LogP contribution in [-0.2, 0) is 49.4 Å². The SMILES string of the molecule is CCCOCC(=O)NCCOCCOCC(=O)NCCCC[C@H](C)C(=O)C[C@@H](CC[S+](C)[O-])C(=O)NN[C@H](C(N)=O)[C@@H](C)O. The number of hydrogen-bond acceptors (Lipinski definition) is 11. The Kier molecular flexibility index (Phi) is 24.6. The zero-order chi connectivity index (χ0) is 33.3. The molecule has 44 heavy (non-hydrogen) atoms. The number of hydrogen-bond donors (Lipinski definition) is 6. The highest BCUT2D eigenvalue weighted by Gasteiger charge is 2.28. The Labute approximate surface area is 263 Å². The Morgan fingerprint density at radius 3 is 2.09 bits per heavy atom. The summed E-state index contributed by atoms with van der Waals surface area (Å²) < 4.78 is 27.3. The van der Waals surface area contributed by atoms with Gasteiger partial charge in [-0.2, -0.15) is 0 Å². The lowest BCUT2D eigenvalue weighted by Crippen LogP contribution is -2.56. The molecule has 0 fully saturated rings. The molecule has 15 nitrogen and oxygen atoms in total. The van der Waals surface area contributed by atoms with Crippen molar-refractivity contribution in [3.63, 3.8) is 0 Å². The molecule has 4 amide bonds. The summed E-state index contributed by atoms with van der Waals surface area (Å²) >= 11 is -1.17. The molecule has 0 aliphatic carbocycles. The number of rotatable bonds is 28. The Hall–Kier alpha value is -2.34. The molecule has 0 aliphatic heterocycles. The van der Waals surface area contributed by atoms with Crippen molar-refractivity contribution in [1.29, 1.82) is 0 Å². The average molecular weight is 652 g/mol. The molecule has 5 atom stereocenters. The van der Waals surface area contributed by atoms with Crippen molar-refractivity contribution in [2.45, 2.75) is 71.4 Å². The minimum Gasteiger partial charge on any atom is -0.617 e. The molecule has 0 aromatic carbocycles. The Morgan fingerprint density at radius 1 is 0.886 bits per heavy atom. The third kappa shape index (κ3) is 22.2. The first kappa shape index (κ1) is 41.7. The van der Waals surface area contributed by atoms with Crippen molar-refractivity contribution < 1.29 is 47.8 Å². The first-order valence-electron chi connectivity index (χ1n) is 15.0. The molecule has 0 aromatic rings. The van der Waals surface area contributed by atoms with E-state index in [-0.39, 0.29) is 68.5 Å². The van der Waals surface area contributed by atoms with Gasteiger partial charge in [-0.1, -0.05) is 31.4 Å². The maximum atomic E-state index is 12.8. The third-order valence-electron chi connectivity index (χ3n) is 6.40. The van der Waals surface area contributed by atoms with E-state index in [4.69, 9.17) is 19.9 Å². The molecule has 0 rings (SSSR count). The second-order valence-corrected chi connectivity index (χ2v) is 12.1. The van der Waals surface area contributed by atoms with E-state index in [1.165, 1.54) is 13.2 Å². The highest BCUT2D eigenvalue weighted by Crippen LogP contribution is 2.18. The topological polar surface area (TPSA) is 230 Å². The summed E-state index contributed by atoms with van der Waals surface area (Å²) in [6.07, 6.45) is 3.23. The van der Waals surface area contributed by atoms with Crippen molar-refractivity contribution in [2.75, 3.05) is 64.7 Å². The van der Waals surface area contributed by atoms with E-state index in [0.29, 0.717) is 45.6 Å². The molecular weight excluding hydrogens is 598 g/mol. The lowest BCUT2D eigenvalue weighted by molar-refractivity contribution is -0.132. The average Bonchev–Trinajstić information content (AvgIpc) is 2.95. The molecule has 0 heterocycles. The Morgan fingerprint density at radius 2 is 1.50 bits per heavy atom. The first-order chi connectivity index (χ1) is 20.9. The van der Waals surface area contributed by atoms with E-state index in [9.17, 15) is 33.6 Å². The summed E-state index contributed by atoms with van der Waals surface area (Å²) in [6.45, 7) is 7.15. The molecule has 0 spiro atoms. The second kappa shape index (κ2) is 25.9. The smallest absolute Gasteiger partial charge is 0.246 e. The number of amides is 4. The van der Waals surface area contributed by atoms with E-state index in [0.717, 1.165) is 6.42 Å². The fourth-order valence-corrected chi connectivity index (χ4v) is 4.40. The van der Waals surface area contributed by atoms with Crippen molar-refractivity contribution in [1.82, 2.24) is 21.5 Å². The van der Waals surface area contributed by atoms with Crippen LogP contribution in [0.1, 0.15) is 59.3 Å². The molecule has 7 N–H and O–H groups in total. The standard InChI is InChI=1S/C28H53N5O10S/c1-5-12-42-18-25(37)31-11-13-41-14-15-43-19-24(36)30-10-7-6-8-20(2)23(35)17-22(9-16-44(4)40)28(39)33-32-26(21(3)34)27(29)38/h20-22,26,32,34H,5-19H2,1-4H3,(H2,29,38)(H,30,36)(H,31,37)(H,33,39)/t20-,21+,22+,26-,44?/m0/s1. The van der Waals surface area contributed by atoms with E-state index in [2.05, 4.69) is 21.5 Å². The number of nitrogens with one attached hydrogen (secondary N) is 4. The minimum atomic E-state index is -1.21. The molecule has 0 aromatic heterocycles. The fraction of sp³-hybridized carbons (Fsp3) is 0.821. The van der Waals surface area contributed by atoms with Gasteiger partial charge < -0.3 is 40.2 Å². The van der Waals surface area contributed by atoms with Gasteiger partial charge in [-0.05, 0) is 26.2 Å². The molecule has 0 bridgehead atoms. The summed E-state index contributed by atoms with van der Waals surface area (Å²) in [5.74, 6) is -2.88. The van der Waals surface area contributed by atoms with Crippen LogP contribution < -0.4 is 27.2 Å². The summed E-state index contributed by atoms with van der Waals surface area (Å²) in [7, 11) is 0. The first-order valence-corrected chi connectivity index (χ1v) is 16.7. The normalized spacial score (nSPS) is 14.6. The van der Waals surface area contributed by atoms with Crippen LogP contribution in [0, 0.1) is 11.8 Å². The van der Waals surface area contributed by atoms with Crippen molar-refractivity contribution in [2.24, 2.45) is 17.6 Å². The number of unbranched alkanes of at least 4 members (excludes halogenated alkanes) is 1. The zero-order valence-corrected chi connectivity index (χ0v) is 27.3. The number of carbonyl (C=O) groups excluding carboxylic acids is 5. The van der Waals surface area contributed by atoms with Gasteiger partial charge in [0, 0.05) is 38.5 Å². The van der Waals surface area contributed by atoms with Crippen LogP contribution in [0.25, 0.3) is 0 Å². The fourth-order valence-electron chi connectivity index (χ4n) is 3.78. The predicted molar refractivity (Wildman–Crippen MR) is 164 cm³/mol. The van der Waals surface area contributed by atoms with Gasteiger partial charge in [-0.15, -0.1) is 0 Å². The largest absolute Gasteiger partial charge is 0.617 e. The molecule has 1 unspecified atom stereocenters. The number of ether oxygens (including phenoxy) is 3. The number of aliphatic hydroxyl groups excluding tert-OH is 1. The van der Waals surface area contributed by atoms with Crippen LogP contribution in [0.15, 0.2) is 0 Å². The zero-order valence-electron chi connectivity index (χ0n) is 26.5. The minimum absolute atomic E-state index is 0.0285. The van der Waals surface area contributed by atoms with E-state index in [1.54, 1.807) is 6.92 Å². The van der Waals surface area contributed by atoms with Crippen LogP contribution in [0.2, 0.25) is 0 Å². The number of primary amides is 1. The van der Waals surface area contributed by atoms with Gasteiger partial charge in [-0.3, -0.25) is 29.4 Å². The second-order valence-electron chi connectivity index (χ2n) is 10.5. The summed E-state index contributed by atoms with van der Waals surface area (Å²) in [4.78, 5) is 60.4. The van der Waals surface area contributed by atoms with Crippen LogP contribution in [0.4, 0.5) is 0 Å². The van der Waals surface area contributed by atoms with Gasteiger partial charge in [0.15, 0.2) is 0 Å². The molecule has 0 saturated heterocycles. The van der Waals surface area contributed by atoms with Crippen LogP contribution in [0.3, 0.4) is 0 Å². The maximum absolute atomic E-state index is 12.8. The third-order valence-corrected chi connectivity index (χ3v) is 7.21. The highest BCUT2D eigenvalue weighted by molar-refractivity contribution is 7.90. The molecule has 0 radical (unpaired) electrons. The summed E-state index contributed by atoms with van der Waals surface area (Å²) in [6, 6.07) is -1.21. The molecule has 0 aliphatic rings. The van der Waals surface area contributed by atoms with Crippen molar-refractivity contribution in [3.05, 3.63) is 0 Å². The quantitative estimate of drug-likeness (QED) is 0.0330. The number of hydrazine groups is 1. The van der Waals surface area contributed by atoms with Crippen LogP contribution >= 0.6 is 0 Å². The molecule has 0 saturated carbocycles. The van der Waals surface area contributed by atoms with E-state index >= 15 is 0 Å². The van der Waals surface area contributed by atoms with Gasteiger partial charge in [0.2, 0.25) is 23.6 Å². The number of ketones is 1. The number of nitrogens with two attached hydrogens (primary N) is 1. The van der Waals surface area contributed by atoms with Gasteiger partial charge in [0.25, 0.3) is 0 Å². The van der Waals surface area contributed by atoms with Gasteiger partial charge >= 0.3 is 0 Å². The van der Waals surface area contributed by atoms with E-state index < -0.39 is 41.1 Å². The van der Waals surface area contributed by atoms with Crippen LogP contribution in [-0.4, -0.2) is 116 Å². The van der Waals surface area contributed by atoms with Gasteiger partial charge in [0.05, 0.1) is 38.1 Å².